The van der Waals surface area contributed by atoms with E-state index in [1.165, 1.54) is 0 Å². The molecule has 0 unspecified atom stereocenters. The van der Waals surface area contributed by atoms with E-state index in [1.807, 2.05) is 35.3 Å². The van der Waals surface area contributed by atoms with Crippen molar-refractivity contribution >= 4 is 17.3 Å². The Balaban J connectivity index is 2.05. The van der Waals surface area contributed by atoms with E-state index in [9.17, 15) is 0 Å². The first kappa shape index (κ1) is 10.9. The van der Waals surface area contributed by atoms with Crippen molar-refractivity contribution in [1.82, 2.24) is 14.5 Å². The highest BCUT2D eigenvalue weighted by atomic mass is 32.1. The summed E-state index contributed by atoms with van der Waals surface area (Å²) >= 11 is 1.64. The minimum absolute atomic E-state index is 0.714. The Bertz CT molecular complexity index is 458. The van der Waals surface area contributed by atoms with Crippen LogP contribution in [-0.2, 0) is 13.1 Å². The molecule has 0 bridgehead atoms. The highest BCUT2D eigenvalue weighted by Crippen LogP contribution is 2.11. The summed E-state index contributed by atoms with van der Waals surface area (Å²) in [6.45, 7) is 7.19. The molecule has 0 spiro atoms. The zero-order valence-electron chi connectivity index (χ0n) is 9.18. The maximum Gasteiger partial charge on any atom is 0.203 e. The Hall–Kier alpha value is -1.62. The number of allylic oxidation sites excluding steroid dienone is 1. The molecule has 0 aliphatic carbocycles. The van der Waals surface area contributed by atoms with Crippen molar-refractivity contribution in [3.8, 4) is 0 Å². The van der Waals surface area contributed by atoms with Crippen LogP contribution >= 0.6 is 11.3 Å². The lowest BCUT2D eigenvalue weighted by atomic mass is 10.5. The fourth-order valence-electron chi connectivity index (χ4n) is 1.46. The summed E-state index contributed by atoms with van der Waals surface area (Å²) < 4.78 is 2.04. The van der Waals surface area contributed by atoms with Crippen LogP contribution in [0.25, 0.3) is 0 Å². The minimum atomic E-state index is 0.714. The average Bonchev–Trinajstić information content (AvgIpc) is 2.86. The van der Waals surface area contributed by atoms with Crippen molar-refractivity contribution in [2.75, 3.05) is 5.32 Å². The van der Waals surface area contributed by atoms with Gasteiger partial charge in [0.15, 0.2) is 0 Å². The molecule has 2 rings (SSSR count). The van der Waals surface area contributed by atoms with Gasteiger partial charge in [-0.3, -0.25) is 0 Å². The lowest BCUT2D eigenvalue weighted by Crippen LogP contribution is -2.06. The highest BCUT2D eigenvalue weighted by molar-refractivity contribution is 7.09. The topological polar surface area (TPSA) is 42.7 Å². The van der Waals surface area contributed by atoms with E-state index in [2.05, 4.69) is 21.9 Å². The zero-order valence-corrected chi connectivity index (χ0v) is 10.00. The number of nitrogens with zero attached hydrogens (tertiary/aromatic N) is 3. The van der Waals surface area contributed by atoms with Crippen molar-refractivity contribution in [2.24, 2.45) is 0 Å². The molecule has 4 nitrogen and oxygen atoms in total. The fraction of sp³-hybridized carbons (Fsp3) is 0.273. The first-order valence-electron chi connectivity index (χ1n) is 5.06. The molecular formula is C11H14N4S. The summed E-state index contributed by atoms with van der Waals surface area (Å²) in [6, 6.07) is 0. The number of aryl methyl sites for hydroxylation is 1. The first-order chi connectivity index (χ1) is 7.79. The Morgan fingerprint density at radius 3 is 3.19 bits per heavy atom. The van der Waals surface area contributed by atoms with Crippen LogP contribution in [0.4, 0.5) is 5.95 Å². The molecule has 0 aromatic carbocycles. The van der Waals surface area contributed by atoms with Gasteiger partial charge in [0, 0.05) is 24.3 Å². The number of aromatic nitrogens is 3. The molecule has 2 heterocycles. The predicted octanol–water partition coefficient (Wildman–Crippen LogP) is 2.45. The van der Waals surface area contributed by atoms with E-state index in [0.29, 0.717) is 6.54 Å². The zero-order chi connectivity index (χ0) is 11.4. The second-order valence-electron chi connectivity index (χ2n) is 3.43. The highest BCUT2D eigenvalue weighted by Gasteiger charge is 2.04. The molecule has 0 atom stereocenters. The summed E-state index contributed by atoms with van der Waals surface area (Å²) in [4.78, 5) is 8.62. The van der Waals surface area contributed by atoms with E-state index in [4.69, 9.17) is 0 Å². The van der Waals surface area contributed by atoms with Gasteiger partial charge < -0.3 is 9.88 Å². The van der Waals surface area contributed by atoms with Gasteiger partial charge in [-0.15, -0.1) is 17.9 Å². The summed E-state index contributed by atoms with van der Waals surface area (Å²) in [5, 5.41) is 6.30. The van der Waals surface area contributed by atoms with Gasteiger partial charge in [0.2, 0.25) is 5.95 Å². The predicted molar refractivity (Wildman–Crippen MR) is 66.6 cm³/mol. The van der Waals surface area contributed by atoms with Crippen LogP contribution in [0.5, 0.6) is 0 Å². The SMILES string of the molecule is C=CCn1cc(C)nc1NCc1nccs1. The quantitative estimate of drug-likeness (QED) is 0.808. The van der Waals surface area contributed by atoms with Crippen LogP contribution in [0.2, 0.25) is 0 Å². The number of anilines is 1. The molecule has 0 radical (unpaired) electrons. The maximum atomic E-state index is 4.41. The molecular weight excluding hydrogens is 220 g/mol. The number of hydrogen-bond acceptors (Lipinski definition) is 4. The van der Waals surface area contributed by atoms with Crippen LogP contribution in [0.3, 0.4) is 0 Å². The Kier molecular flexibility index (Phi) is 3.36. The van der Waals surface area contributed by atoms with Crippen molar-refractivity contribution < 1.29 is 0 Å². The molecule has 0 aliphatic heterocycles. The number of imidazole rings is 1. The van der Waals surface area contributed by atoms with Gasteiger partial charge in [0.25, 0.3) is 0 Å². The van der Waals surface area contributed by atoms with E-state index >= 15 is 0 Å². The second kappa shape index (κ2) is 4.94. The second-order valence-corrected chi connectivity index (χ2v) is 4.41. The largest absolute Gasteiger partial charge is 0.349 e. The third-order valence-electron chi connectivity index (χ3n) is 2.10. The van der Waals surface area contributed by atoms with Gasteiger partial charge >= 0.3 is 0 Å². The number of nitrogens with one attached hydrogen (secondary N) is 1. The van der Waals surface area contributed by atoms with Crippen LogP contribution in [0, 0.1) is 6.92 Å². The maximum absolute atomic E-state index is 4.41. The molecule has 16 heavy (non-hydrogen) atoms. The Morgan fingerprint density at radius 1 is 1.62 bits per heavy atom. The van der Waals surface area contributed by atoms with E-state index in [0.717, 1.165) is 23.2 Å². The molecule has 2 aromatic heterocycles. The number of hydrogen-bond donors (Lipinski definition) is 1. The molecule has 84 valence electrons. The average molecular weight is 234 g/mol. The normalized spacial score (nSPS) is 10.3. The van der Waals surface area contributed by atoms with Gasteiger partial charge in [0.05, 0.1) is 12.2 Å². The molecule has 2 aromatic rings. The van der Waals surface area contributed by atoms with Crippen molar-refractivity contribution in [3.05, 3.63) is 41.1 Å². The standard InChI is InChI=1S/C11H14N4S/c1-3-5-15-8-9(2)14-11(15)13-7-10-12-4-6-16-10/h3-4,6,8H,1,5,7H2,2H3,(H,13,14). The third-order valence-corrected chi connectivity index (χ3v) is 2.88. The first-order valence-corrected chi connectivity index (χ1v) is 5.94. The van der Waals surface area contributed by atoms with Crippen LogP contribution in [0.15, 0.2) is 30.4 Å². The Labute approximate surface area is 98.7 Å². The molecule has 0 fully saturated rings. The molecule has 5 heteroatoms. The Morgan fingerprint density at radius 2 is 2.50 bits per heavy atom. The molecule has 0 saturated carbocycles. The number of thiazole rings is 1. The van der Waals surface area contributed by atoms with Gasteiger partial charge in [-0.25, -0.2) is 9.97 Å². The van der Waals surface area contributed by atoms with Gasteiger partial charge in [0.1, 0.15) is 5.01 Å². The third kappa shape index (κ3) is 2.49. The van der Waals surface area contributed by atoms with Crippen LogP contribution in [0.1, 0.15) is 10.7 Å². The molecule has 0 saturated heterocycles. The monoisotopic (exact) mass is 234 g/mol. The van der Waals surface area contributed by atoms with E-state index in [1.54, 1.807) is 11.3 Å². The van der Waals surface area contributed by atoms with E-state index < -0.39 is 0 Å². The lowest BCUT2D eigenvalue weighted by molar-refractivity contribution is 0.819. The molecule has 0 amide bonds. The van der Waals surface area contributed by atoms with Gasteiger partial charge in [-0.05, 0) is 6.92 Å². The molecule has 0 aliphatic rings. The van der Waals surface area contributed by atoms with E-state index in [-0.39, 0.29) is 0 Å². The smallest absolute Gasteiger partial charge is 0.203 e. The van der Waals surface area contributed by atoms with Crippen molar-refractivity contribution in [1.29, 1.82) is 0 Å². The summed E-state index contributed by atoms with van der Waals surface area (Å²) in [5.74, 6) is 0.868. The minimum Gasteiger partial charge on any atom is -0.349 e. The van der Waals surface area contributed by atoms with Gasteiger partial charge in [-0.2, -0.15) is 0 Å². The number of rotatable bonds is 5. The van der Waals surface area contributed by atoms with Crippen molar-refractivity contribution in [2.45, 2.75) is 20.0 Å². The molecule has 1 N–H and O–H groups in total. The summed E-state index contributed by atoms with van der Waals surface area (Å²) in [7, 11) is 0. The fourth-order valence-corrected chi connectivity index (χ4v) is 2.02. The lowest BCUT2D eigenvalue weighted by Gasteiger charge is -2.05. The van der Waals surface area contributed by atoms with Crippen molar-refractivity contribution in [3.63, 3.8) is 0 Å². The van der Waals surface area contributed by atoms with Crippen LogP contribution < -0.4 is 5.32 Å². The van der Waals surface area contributed by atoms with Crippen LogP contribution in [-0.4, -0.2) is 14.5 Å². The van der Waals surface area contributed by atoms with Gasteiger partial charge in [-0.1, -0.05) is 6.08 Å². The summed E-state index contributed by atoms with van der Waals surface area (Å²) in [5.41, 5.74) is 1.00. The summed E-state index contributed by atoms with van der Waals surface area (Å²) in [6.07, 6.45) is 5.67.